The smallest absolute Gasteiger partial charge is 0.349 e. The van der Waals surface area contributed by atoms with Gasteiger partial charge in [-0.05, 0) is 57.9 Å². The maximum Gasteiger partial charge on any atom is 0.433 e. The zero-order valence-corrected chi connectivity index (χ0v) is 16.9. The van der Waals surface area contributed by atoms with Crippen LogP contribution in [0.5, 0.6) is 0 Å². The van der Waals surface area contributed by atoms with Crippen molar-refractivity contribution in [3.8, 4) is 0 Å². The van der Waals surface area contributed by atoms with Crippen molar-refractivity contribution in [1.29, 1.82) is 0 Å². The van der Waals surface area contributed by atoms with Crippen molar-refractivity contribution in [2.75, 3.05) is 13.6 Å². The van der Waals surface area contributed by atoms with Crippen LogP contribution in [0.3, 0.4) is 0 Å². The summed E-state index contributed by atoms with van der Waals surface area (Å²) in [6.07, 6.45) is 2.97. The zero-order valence-electron chi connectivity index (χ0n) is 16.9. The summed E-state index contributed by atoms with van der Waals surface area (Å²) in [7, 11) is 2.03. The Morgan fingerprint density at radius 1 is 1.30 bits per heavy atom. The predicted molar refractivity (Wildman–Crippen MR) is 106 cm³/mol. The molecule has 2 atom stereocenters. The number of carbonyl (C=O) groups is 1. The summed E-state index contributed by atoms with van der Waals surface area (Å²) in [6, 6.07) is 1.98. The molecular formula is C21H24F3N5O. The SMILES string of the molecule is Cc1nc(C(F)(F)F)ccc1C(=O)NC1CCN(C)[C@@H](c2nc3c([nH]2)CCC=C3)C1. The molecule has 1 amide bonds. The molecule has 2 aliphatic rings. The fourth-order valence-corrected chi connectivity index (χ4v) is 4.11. The van der Waals surface area contributed by atoms with Crippen LogP contribution in [0, 0.1) is 6.92 Å². The van der Waals surface area contributed by atoms with Crippen LogP contribution in [0.2, 0.25) is 0 Å². The molecule has 4 rings (SSSR count). The van der Waals surface area contributed by atoms with Crippen LogP contribution in [0.25, 0.3) is 6.08 Å². The highest BCUT2D eigenvalue weighted by atomic mass is 19.4. The first-order valence-electron chi connectivity index (χ1n) is 10.0. The number of halogens is 3. The van der Waals surface area contributed by atoms with Crippen molar-refractivity contribution in [3.63, 3.8) is 0 Å². The topological polar surface area (TPSA) is 73.9 Å². The number of imidazole rings is 1. The molecule has 0 aromatic carbocycles. The standard InChI is InChI=1S/C21H24F3N5O/c1-12-14(7-8-18(25-12)21(22,23)24)20(30)26-13-9-10-29(2)17(11-13)19-27-15-5-3-4-6-16(15)28-19/h3,5,7-8,13,17H,4,6,9-11H2,1-2H3,(H,26,30)(H,27,28)/t13?,17-/m1/s1. The number of pyridine rings is 1. The number of rotatable bonds is 3. The van der Waals surface area contributed by atoms with Crippen LogP contribution in [0.4, 0.5) is 13.2 Å². The summed E-state index contributed by atoms with van der Waals surface area (Å²) in [5, 5.41) is 2.97. The molecule has 2 aromatic rings. The number of allylic oxidation sites excluding steroid dienone is 1. The van der Waals surface area contributed by atoms with E-state index in [9.17, 15) is 18.0 Å². The predicted octanol–water partition coefficient (Wildman–Crippen LogP) is 3.66. The van der Waals surface area contributed by atoms with Gasteiger partial charge >= 0.3 is 6.18 Å². The maximum absolute atomic E-state index is 12.8. The first-order valence-corrected chi connectivity index (χ1v) is 10.0. The number of piperidine rings is 1. The molecule has 1 aliphatic carbocycles. The molecule has 0 spiro atoms. The first-order chi connectivity index (χ1) is 14.2. The van der Waals surface area contributed by atoms with Crippen LogP contribution in [-0.4, -0.2) is 45.4 Å². The molecule has 1 aliphatic heterocycles. The Morgan fingerprint density at radius 2 is 2.10 bits per heavy atom. The number of hydrogen-bond acceptors (Lipinski definition) is 4. The van der Waals surface area contributed by atoms with E-state index in [1.165, 1.54) is 13.0 Å². The maximum atomic E-state index is 12.8. The number of nitrogens with zero attached hydrogens (tertiary/aromatic N) is 3. The number of aromatic amines is 1. The van der Waals surface area contributed by atoms with Crippen LogP contribution >= 0.6 is 0 Å². The summed E-state index contributed by atoms with van der Waals surface area (Å²) in [5.74, 6) is 0.490. The second-order valence-corrected chi connectivity index (χ2v) is 7.95. The minimum Gasteiger partial charge on any atom is -0.349 e. The molecule has 2 aromatic heterocycles. The van der Waals surface area contributed by atoms with E-state index < -0.39 is 17.8 Å². The van der Waals surface area contributed by atoms with E-state index in [4.69, 9.17) is 4.98 Å². The molecule has 9 heteroatoms. The van der Waals surface area contributed by atoms with Gasteiger partial charge in [0.25, 0.3) is 5.91 Å². The molecule has 160 valence electrons. The average molecular weight is 419 g/mol. The quantitative estimate of drug-likeness (QED) is 0.797. The van der Waals surface area contributed by atoms with E-state index in [0.717, 1.165) is 49.1 Å². The van der Waals surface area contributed by atoms with E-state index in [0.29, 0.717) is 6.42 Å². The molecule has 30 heavy (non-hydrogen) atoms. The van der Waals surface area contributed by atoms with E-state index >= 15 is 0 Å². The van der Waals surface area contributed by atoms with Gasteiger partial charge in [-0.1, -0.05) is 6.08 Å². The van der Waals surface area contributed by atoms with Crippen molar-refractivity contribution >= 4 is 12.0 Å². The molecular weight excluding hydrogens is 395 g/mol. The van der Waals surface area contributed by atoms with Crippen LogP contribution in [0.1, 0.15) is 64.3 Å². The lowest BCUT2D eigenvalue weighted by molar-refractivity contribution is -0.141. The first kappa shape index (κ1) is 20.6. The number of aromatic nitrogens is 3. The molecule has 0 bridgehead atoms. The highest BCUT2D eigenvalue weighted by molar-refractivity contribution is 5.95. The normalized spacial score (nSPS) is 22.0. The Hall–Kier alpha value is -2.68. The Bertz CT molecular complexity index is 982. The van der Waals surface area contributed by atoms with Gasteiger partial charge in [-0.2, -0.15) is 13.2 Å². The summed E-state index contributed by atoms with van der Waals surface area (Å²) in [4.78, 5) is 26.6. The monoisotopic (exact) mass is 419 g/mol. The minimum atomic E-state index is -4.53. The Kier molecular flexibility index (Phi) is 5.40. The summed E-state index contributed by atoms with van der Waals surface area (Å²) < 4.78 is 38.5. The third kappa shape index (κ3) is 4.12. The molecule has 6 nitrogen and oxygen atoms in total. The highest BCUT2D eigenvalue weighted by Crippen LogP contribution is 2.31. The van der Waals surface area contributed by atoms with E-state index in [-0.39, 0.29) is 23.3 Å². The van der Waals surface area contributed by atoms with Gasteiger partial charge in [-0.3, -0.25) is 9.69 Å². The highest BCUT2D eigenvalue weighted by Gasteiger charge is 2.34. The number of aryl methyl sites for hydroxylation is 2. The fourth-order valence-electron chi connectivity index (χ4n) is 4.11. The number of carbonyl (C=O) groups excluding carboxylic acids is 1. The van der Waals surface area contributed by atoms with Gasteiger partial charge in [0.15, 0.2) is 0 Å². The van der Waals surface area contributed by atoms with Gasteiger partial charge in [0.2, 0.25) is 0 Å². The van der Waals surface area contributed by atoms with Gasteiger partial charge in [-0.25, -0.2) is 9.97 Å². The Morgan fingerprint density at radius 3 is 2.80 bits per heavy atom. The molecule has 3 heterocycles. The van der Waals surface area contributed by atoms with Crippen molar-refractivity contribution in [1.82, 2.24) is 25.2 Å². The summed E-state index contributed by atoms with van der Waals surface area (Å²) >= 11 is 0. The van der Waals surface area contributed by atoms with Gasteiger partial charge in [0.05, 0.1) is 23.0 Å². The number of likely N-dealkylation sites (tertiary alicyclic amines) is 1. The third-order valence-electron chi connectivity index (χ3n) is 5.81. The largest absolute Gasteiger partial charge is 0.433 e. The van der Waals surface area contributed by atoms with Crippen molar-refractivity contribution in [3.05, 3.63) is 52.4 Å². The number of alkyl halides is 3. The average Bonchev–Trinajstić information content (AvgIpc) is 3.12. The Balaban J connectivity index is 1.47. The van der Waals surface area contributed by atoms with Crippen LogP contribution in [0.15, 0.2) is 18.2 Å². The van der Waals surface area contributed by atoms with Crippen molar-refractivity contribution in [2.24, 2.45) is 0 Å². The summed E-state index contributed by atoms with van der Waals surface area (Å²) in [6.45, 7) is 2.20. The van der Waals surface area contributed by atoms with Gasteiger partial charge in [-0.15, -0.1) is 0 Å². The lowest BCUT2D eigenvalue weighted by atomic mass is 9.96. The molecule has 1 fully saturated rings. The molecule has 1 unspecified atom stereocenters. The third-order valence-corrected chi connectivity index (χ3v) is 5.81. The lowest BCUT2D eigenvalue weighted by Gasteiger charge is -2.36. The number of fused-ring (bicyclic) bond motifs is 1. The van der Waals surface area contributed by atoms with Crippen LogP contribution in [-0.2, 0) is 12.6 Å². The van der Waals surface area contributed by atoms with Gasteiger partial charge in [0, 0.05) is 18.3 Å². The van der Waals surface area contributed by atoms with E-state index in [1.807, 2.05) is 13.1 Å². The second kappa shape index (κ2) is 7.86. The Labute approximate surface area is 172 Å². The van der Waals surface area contributed by atoms with Gasteiger partial charge < -0.3 is 10.3 Å². The number of hydrogen-bond donors (Lipinski definition) is 2. The number of amides is 1. The molecule has 0 saturated carbocycles. The van der Waals surface area contributed by atoms with E-state index in [1.54, 1.807) is 0 Å². The van der Waals surface area contributed by atoms with Crippen molar-refractivity contribution in [2.45, 2.75) is 50.9 Å². The summed E-state index contributed by atoms with van der Waals surface area (Å²) in [5.41, 5.74) is 1.35. The lowest BCUT2D eigenvalue weighted by Crippen LogP contribution is -2.45. The van der Waals surface area contributed by atoms with Crippen LogP contribution < -0.4 is 5.32 Å². The number of H-pyrrole nitrogens is 1. The fraction of sp³-hybridized carbons (Fsp3) is 0.476. The van der Waals surface area contributed by atoms with Crippen molar-refractivity contribution < 1.29 is 18.0 Å². The number of nitrogens with one attached hydrogen (secondary N) is 2. The van der Waals surface area contributed by atoms with E-state index in [2.05, 4.69) is 26.3 Å². The molecule has 2 N–H and O–H groups in total. The second-order valence-electron chi connectivity index (χ2n) is 7.95. The minimum absolute atomic E-state index is 0.0369. The molecule has 0 radical (unpaired) electrons. The van der Waals surface area contributed by atoms with Gasteiger partial charge in [0.1, 0.15) is 11.5 Å². The molecule has 1 saturated heterocycles. The zero-order chi connectivity index (χ0) is 21.5.